The van der Waals surface area contributed by atoms with Crippen LogP contribution in [0.3, 0.4) is 0 Å². The maximum Gasteiger partial charge on any atom is 0.248 e. The number of amides is 1. The van der Waals surface area contributed by atoms with Crippen LogP contribution in [0.4, 0.5) is 5.69 Å². The zero-order valence-corrected chi connectivity index (χ0v) is 13.3. The van der Waals surface area contributed by atoms with Crippen LogP contribution in [0.1, 0.15) is 30.9 Å². The molecule has 2 aromatic carbocycles. The molecule has 4 heteroatoms. The number of hydrogen-bond acceptors (Lipinski definition) is 2. The number of phenols is 1. The van der Waals surface area contributed by atoms with Gasteiger partial charge in [0.15, 0.2) is 0 Å². The lowest BCUT2D eigenvalue weighted by Crippen LogP contribution is -2.07. The van der Waals surface area contributed by atoms with Crippen molar-refractivity contribution in [1.29, 1.82) is 0 Å². The van der Waals surface area contributed by atoms with Crippen molar-refractivity contribution in [3.8, 4) is 5.75 Å². The monoisotopic (exact) mass is 315 g/mol. The second-order valence-corrected chi connectivity index (χ2v) is 5.74. The number of carbonyl (C=O) groups excluding carboxylic acids is 1. The van der Waals surface area contributed by atoms with E-state index in [2.05, 4.69) is 19.2 Å². The van der Waals surface area contributed by atoms with Crippen molar-refractivity contribution in [3.05, 3.63) is 64.7 Å². The first-order valence-electron chi connectivity index (χ1n) is 7.03. The molecule has 2 aromatic rings. The summed E-state index contributed by atoms with van der Waals surface area (Å²) in [5.41, 5.74) is 2.48. The van der Waals surface area contributed by atoms with Crippen molar-refractivity contribution in [3.63, 3.8) is 0 Å². The normalized spacial score (nSPS) is 11.1. The minimum absolute atomic E-state index is 0.0209. The average molecular weight is 316 g/mol. The molecular weight excluding hydrogens is 298 g/mol. The summed E-state index contributed by atoms with van der Waals surface area (Å²) < 4.78 is 0. The molecule has 0 spiro atoms. The number of carbonyl (C=O) groups is 1. The van der Waals surface area contributed by atoms with E-state index in [9.17, 15) is 9.90 Å². The predicted octanol–water partition coefficient (Wildman–Crippen LogP) is 4.82. The molecule has 0 atom stereocenters. The molecule has 0 aromatic heterocycles. The van der Waals surface area contributed by atoms with Gasteiger partial charge in [-0.25, -0.2) is 0 Å². The van der Waals surface area contributed by atoms with Crippen LogP contribution in [0.15, 0.2) is 48.5 Å². The first-order valence-corrected chi connectivity index (χ1v) is 7.41. The van der Waals surface area contributed by atoms with Gasteiger partial charge in [-0.05, 0) is 41.3 Å². The highest BCUT2D eigenvalue weighted by Crippen LogP contribution is 2.26. The van der Waals surface area contributed by atoms with Gasteiger partial charge < -0.3 is 10.4 Å². The lowest BCUT2D eigenvalue weighted by molar-refractivity contribution is -0.111. The first kappa shape index (κ1) is 16.1. The minimum Gasteiger partial charge on any atom is -0.506 e. The average Bonchev–Trinajstić information content (AvgIpc) is 2.49. The zero-order valence-electron chi connectivity index (χ0n) is 12.5. The Morgan fingerprint density at radius 3 is 2.50 bits per heavy atom. The molecule has 0 unspecified atom stereocenters. The van der Waals surface area contributed by atoms with Gasteiger partial charge in [0.25, 0.3) is 0 Å². The summed E-state index contributed by atoms with van der Waals surface area (Å²) in [5.74, 6) is 0.130. The van der Waals surface area contributed by atoms with Crippen molar-refractivity contribution in [1.82, 2.24) is 0 Å². The molecule has 0 aliphatic carbocycles. The van der Waals surface area contributed by atoms with E-state index in [1.54, 1.807) is 12.1 Å². The molecule has 0 saturated heterocycles. The van der Waals surface area contributed by atoms with Crippen molar-refractivity contribution < 1.29 is 9.90 Å². The van der Waals surface area contributed by atoms with E-state index in [0.717, 1.165) is 5.56 Å². The Morgan fingerprint density at radius 1 is 1.18 bits per heavy atom. The summed E-state index contributed by atoms with van der Waals surface area (Å²) in [5, 5.41) is 12.7. The molecule has 2 N–H and O–H groups in total. The smallest absolute Gasteiger partial charge is 0.248 e. The summed E-state index contributed by atoms with van der Waals surface area (Å²) in [6.45, 7) is 4.27. The lowest BCUT2D eigenvalue weighted by atomic mass is 10.0. The quantitative estimate of drug-likeness (QED) is 0.627. The molecular formula is C18H18ClNO2. The fraction of sp³-hybridized carbons (Fsp3) is 0.167. The Morgan fingerprint density at radius 2 is 1.86 bits per heavy atom. The SMILES string of the molecule is CC(C)c1ccc(/C=C/C(=O)Nc2cc(Cl)ccc2O)cc1. The Bertz CT molecular complexity index is 691. The van der Waals surface area contributed by atoms with Crippen LogP contribution in [0, 0.1) is 0 Å². The molecule has 0 heterocycles. The number of aromatic hydroxyl groups is 1. The van der Waals surface area contributed by atoms with Crippen LogP contribution < -0.4 is 5.32 Å². The summed E-state index contributed by atoms with van der Waals surface area (Å²) >= 11 is 5.83. The van der Waals surface area contributed by atoms with E-state index in [0.29, 0.717) is 10.9 Å². The van der Waals surface area contributed by atoms with Crippen molar-refractivity contribution in [2.45, 2.75) is 19.8 Å². The van der Waals surface area contributed by atoms with E-state index in [1.807, 2.05) is 24.3 Å². The van der Waals surface area contributed by atoms with E-state index < -0.39 is 0 Å². The predicted molar refractivity (Wildman–Crippen MR) is 91.3 cm³/mol. The molecule has 22 heavy (non-hydrogen) atoms. The van der Waals surface area contributed by atoms with Gasteiger partial charge in [-0.1, -0.05) is 49.7 Å². The Kier molecular flexibility index (Phi) is 5.23. The molecule has 3 nitrogen and oxygen atoms in total. The van der Waals surface area contributed by atoms with E-state index >= 15 is 0 Å². The van der Waals surface area contributed by atoms with Gasteiger partial charge in [-0.15, -0.1) is 0 Å². The standard InChI is InChI=1S/C18H18ClNO2/c1-12(2)14-6-3-13(4-7-14)5-10-18(22)20-16-11-15(19)8-9-17(16)21/h3-12,21H,1-2H3,(H,20,22)/b10-5+. The molecule has 2 rings (SSSR count). The summed E-state index contributed by atoms with van der Waals surface area (Å²) in [6, 6.07) is 12.5. The van der Waals surface area contributed by atoms with Crippen LogP contribution in [0.2, 0.25) is 5.02 Å². The Labute approximate surface area is 135 Å². The third kappa shape index (κ3) is 4.37. The summed E-state index contributed by atoms with van der Waals surface area (Å²) in [7, 11) is 0. The topological polar surface area (TPSA) is 49.3 Å². The number of benzene rings is 2. The number of anilines is 1. The molecule has 0 bridgehead atoms. The van der Waals surface area contributed by atoms with Crippen molar-refractivity contribution in [2.75, 3.05) is 5.32 Å². The third-order valence-electron chi connectivity index (χ3n) is 3.25. The highest BCUT2D eigenvalue weighted by Gasteiger charge is 2.04. The van der Waals surface area contributed by atoms with Crippen molar-refractivity contribution in [2.24, 2.45) is 0 Å². The summed E-state index contributed by atoms with van der Waals surface area (Å²) in [6.07, 6.45) is 3.14. The van der Waals surface area contributed by atoms with Gasteiger partial charge in [0.2, 0.25) is 5.91 Å². The number of hydrogen-bond donors (Lipinski definition) is 2. The number of rotatable bonds is 4. The molecule has 0 aliphatic heterocycles. The van der Waals surface area contributed by atoms with Gasteiger partial charge in [-0.2, -0.15) is 0 Å². The van der Waals surface area contributed by atoms with Crippen LogP contribution in [0.5, 0.6) is 5.75 Å². The molecule has 1 amide bonds. The van der Waals surface area contributed by atoms with Gasteiger partial charge >= 0.3 is 0 Å². The van der Waals surface area contributed by atoms with Gasteiger partial charge in [0.1, 0.15) is 5.75 Å². The Balaban J connectivity index is 2.03. The second-order valence-electron chi connectivity index (χ2n) is 5.31. The summed E-state index contributed by atoms with van der Waals surface area (Å²) in [4.78, 5) is 11.9. The fourth-order valence-corrected chi connectivity index (χ4v) is 2.12. The fourth-order valence-electron chi connectivity index (χ4n) is 1.95. The second kappa shape index (κ2) is 7.14. The largest absolute Gasteiger partial charge is 0.506 e. The first-order chi connectivity index (χ1) is 10.5. The van der Waals surface area contributed by atoms with Crippen LogP contribution >= 0.6 is 11.6 Å². The molecule has 0 radical (unpaired) electrons. The molecule has 114 valence electrons. The van der Waals surface area contributed by atoms with Gasteiger partial charge in [0.05, 0.1) is 5.69 Å². The zero-order chi connectivity index (χ0) is 16.1. The Hall–Kier alpha value is -2.26. The highest BCUT2D eigenvalue weighted by molar-refractivity contribution is 6.31. The van der Waals surface area contributed by atoms with E-state index in [1.165, 1.54) is 23.8 Å². The van der Waals surface area contributed by atoms with Gasteiger partial charge in [0, 0.05) is 11.1 Å². The minimum atomic E-state index is -0.328. The highest BCUT2D eigenvalue weighted by atomic mass is 35.5. The molecule has 0 aliphatic rings. The molecule has 0 saturated carbocycles. The van der Waals surface area contributed by atoms with E-state index in [4.69, 9.17) is 11.6 Å². The lowest BCUT2D eigenvalue weighted by Gasteiger charge is -2.06. The van der Waals surface area contributed by atoms with Crippen LogP contribution in [-0.2, 0) is 4.79 Å². The van der Waals surface area contributed by atoms with Crippen LogP contribution in [0.25, 0.3) is 6.08 Å². The third-order valence-corrected chi connectivity index (χ3v) is 3.48. The number of nitrogens with one attached hydrogen (secondary N) is 1. The van der Waals surface area contributed by atoms with Crippen molar-refractivity contribution >= 4 is 29.3 Å². The maximum atomic E-state index is 11.9. The maximum absolute atomic E-state index is 11.9. The number of phenolic OH excluding ortho intramolecular Hbond substituents is 1. The molecule has 0 fully saturated rings. The van der Waals surface area contributed by atoms with Crippen LogP contribution in [-0.4, -0.2) is 11.0 Å². The van der Waals surface area contributed by atoms with Gasteiger partial charge in [-0.3, -0.25) is 4.79 Å². The van der Waals surface area contributed by atoms with E-state index in [-0.39, 0.29) is 17.3 Å². The number of halogens is 1.